The Bertz CT molecular complexity index is 390. The van der Waals surface area contributed by atoms with E-state index < -0.39 is 11.7 Å². The summed E-state index contributed by atoms with van der Waals surface area (Å²) in [6.45, 7) is -0.301. The third-order valence-corrected chi connectivity index (χ3v) is 2.15. The minimum absolute atomic E-state index is 0.0579. The molecule has 0 aromatic heterocycles. The second-order valence-electron chi connectivity index (χ2n) is 3.03. The van der Waals surface area contributed by atoms with Crippen molar-refractivity contribution >= 4 is 0 Å². The third kappa shape index (κ3) is 1.61. The van der Waals surface area contributed by atoms with E-state index in [2.05, 4.69) is 0 Å². The van der Waals surface area contributed by atoms with Gasteiger partial charge in [-0.05, 0) is 12.1 Å². The number of ether oxygens (including phenoxy) is 2. The first-order chi connectivity index (χ1) is 7.04. The van der Waals surface area contributed by atoms with Gasteiger partial charge in [0.15, 0.2) is 11.5 Å². The summed E-state index contributed by atoms with van der Waals surface area (Å²) in [4.78, 5) is 0. The van der Waals surface area contributed by atoms with Crippen LogP contribution in [0.15, 0.2) is 12.1 Å². The van der Waals surface area contributed by atoms with Gasteiger partial charge in [0, 0.05) is 12.1 Å². The SMILES string of the molecule is NCc1c(C(F)(F)F)ccc2c1OCO2. The number of hydrogen-bond donors (Lipinski definition) is 1. The molecule has 0 radical (unpaired) electrons. The molecule has 1 aromatic carbocycles. The van der Waals surface area contributed by atoms with Crippen LogP contribution in [-0.2, 0) is 12.7 Å². The van der Waals surface area contributed by atoms with Gasteiger partial charge in [-0.15, -0.1) is 0 Å². The van der Waals surface area contributed by atoms with Crippen LogP contribution in [-0.4, -0.2) is 6.79 Å². The smallest absolute Gasteiger partial charge is 0.416 e. The van der Waals surface area contributed by atoms with E-state index in [1.807, 2.05) is 0 Å². The Labute approximate surface area is 83.6 Å². The molecule has 1 aromatic rings. The van der Waals surface area contributed by atoms with E-state index in [4.69, 9.17) is 15.2 Å². The molecule has 6 heteroatoms. The maximum absolute atomic E-state index is 12.6. The van der Waals surface area contributed by atoms with Crippen molar-refractivity contribution in [3.8, 4) is 11.5 Å². The van der Waals surface area contributed by atoms with Crippen LogP contribution in [0.1, 0.15) is 11.1 Å². The number of benzene rings is 1. The van der Waals surface area contributed by atoms with Gasteiger partial charge in [-0.1, -0.05) is 0 Å². The molecule has 2 N–H and O–H groups in total. The highest BCUT2D eigenvalue weighted by atomic mass is 19.4. The molecule has 0 saturated carbocycles. The molecular formula is C9H8F3NO2. The molecule has 0 saturated heterocycles. The van der Waals surface area contributed by atoms with E-state index in [1.54, 1.807) is 0 Å². The average Bonchev–Trinajstić information content (AvgIpc) is 2.61. The fraction of sp³-hybridized carbons (Fsp3) is 0.333. The van der Waals surface area contributed by atoms with Crippen LogP contribution in [0.5, 0.6) is 11.5 Å². The Morgan fingerprint density at radius 2 is 2.00 bits per heavy atom. The van der Waals surface area contributed by atoms with Crippen molar-refractivity contribution in [3.63, 3.8) is 0 Å². The van der Waals surface area contributed by atoms with Gasteiger partial charge in [0.25, 0.3) is 0 Å². The summed E-state index contributed by atoms with van der Waals surface area (Å²) in [5.74, 6) is 0.413. The molecule has 0 bridgehead atoms. The summed E-state index contributed by atoms with van der Waals surface area (Å²) in [6.07, 6.45) is -4.42. The first kappa shape index (κ1) is 10.1. The minimum Gasteiger partial charge on any atom is -0.454 e. The monoisotopic (exact) mass is 219 g/mol. The molecule has 1 aliphatic heterocycles. The van der Waals surface area contributed by atoms with Crippen molar-refractivity contribution in [2.24, 2.45) is 5.73 Å². The van der Waals surface area contributed by atoms with Gasteiger partial charge >= 0.3 is 6.18 Å². The molecule has 1 aliphatic rings. The first-order valence-electron chi connectivity index (χ1n) is 4.23. The van der Waals surface area contributed by atoms with Crippen LogP contribution in [0.4, 0.5) is 13.2 Å². The average molecular weight is 219 g/mol. The normalized spacial score (nSPS) is 14.4. The number of rotatable bonds is 1. The molecule has 0 spiro atoms. The Balaban J connectivity index is 2.58. The van der Waals surface area contributed by atoms with Crippen molar-refractivity contribution in [2.75, 3.05) is 6.79 Å². The van der Waals surface area contributed by atoms with Gasteiger partial charge in [-0.2, -0.15) is 13.2 Å². The van der Waals surface area contributed by atoms with Gasteiger partial charge < -0.3 is 15.2 Å². The van der Waals surface area contributed by atoms with Gasteiger partial charge in [0.05, 0.1) is 5.56 Å². The van der Waals surface area contributed by atoms with Crippen molar-refractivity contribution in [1.82, 2.24) is 0 Å². The van der Waals surface area contributed by atoms with E-state index in [0.717, 1.165) is 6.07 Å². The van der Waals surface area contributed by atoms with E-state index in [-0.39, 0.29) is 24.7 Å². The van der Waals surface area contributed by atoms with Crippen LogP contribution in [0.25, 0.3) is 0 Å². The summed E-state index contributed by atoms with van der Waals surface area (Å²) >= 11 is 0. The predicted octanol–water partition coefficient (Wildman–Crippen LogP) is 1.89. The molecule has 0 aliphatic carbocycles. The summed E-state index contributed by atoms with van der Waals surface area (Å²) < 4.78 is 47.6. The summed E-state index contributed by atoms with van der Waals surface area (Å²) in [5, 5.41) is 0. The molecule has 0 atom stereocenters. The molecule has 2 rings (SSSR count). The van der Waals surface area contributed by atoms with E-state index in [1.165, 1.54) is 6.07 Å². The van der Waals surface area contributed by atoms with Gasteiger partial charge in [0.1, 0.15) is 0 Å². The van der Waals surface area contributed by atoms with Gasteiger partial charge in [0.2, 0.25) is 6.79 Å². The maximum Gasteiger partial charge on any atom is 0.416 e. The molecular weight excluding hydrogens is 211 g/mol. The lowest BCUT2D eigenvalue weighted by atomic mass is 10.1. The maximum atomic E-state index is 12.6. The van der Waals surface area contributed by atoms with Crippen LogP contribution >= 0.6 is 0 Å². The van der Waals surface area contributed by atoms with Gasteiger partial charge in [-0.3, -0.25) is 0 Å². The van der Waals surface area contributed by atoms with E-state index in [0.29, 0.717) is 5.75 Å². The van der Waals surface area contributed by atoms with E-state index in [9.17, 15) is 13.2 Å². The Hall–Kier alpha value is -1.43. The van der Waals surface area contributed by atoms with Crippen molar-refractivity contribution in [1.29, 1.82) is 0 Å². The van der Waals surface area contributed by atoms with Gasteiger partial charge in [-0.25, -0.2) is 0 Å². The zero-order valence-corrected chi connectivity index (χ0v) is 7.60. The standard InChI is InChI=1S/C9H8F3NO2/c10-9(11,12)6-1-2-7-8(5(6)3-13)15-4-14-7/h1-2H,3-4,13H2. The Kier molecular flexibility index (Phi) is 2.22. The lowest BCUT2D eigenvalue weighted by molar-refractivity contribution is -0.138. The lowest BCUT2D eigenvalue weighted by Crippen LogP contribution is -2.12. The second-order valence-corrected chi connectivity index (χ2v) is 3.03. The summed E-state index contributed by atoms with van der Waals surface area (Å²) in [5.41, 5.74) is 4.46. The van der Waals surface area contributed by atoms with E-state index >= 15 is 0 Å². The number of fused-ring (bicyclic) bond motifs is 1. The molecule has 0 amide bonds. The van der Waals surface area contributed by atoms with Crippen LogP contribution in [0, 0.1) is 0 Å². The minimum atomic E-state index is -4.42. The van der Waals surface area contributed by atoms with Crippen LogP contribution < -0.4 is 15.2 Å². The highest BCUT2D eigenvalue weighted by Crippen LogP contribution is 2.42. The molecule has 0 unspecified atom stereocenters. The summed E-state index contributed by atoms with van der Waals surface area (Å²) in [6, 6.07) is 2.19. The topological polar surface area (TPSA) is 44.5 Å². The fourth-order valence-corrected chi connectivity index (χ4v) is 1.50. The molecule has 3 nitrogen and oxygen atoms in total. The number of alkyl halides is 3. The second kappa shape index (κ2) is 3.30. The van der Waals surface area contributed by atoms with Crippen molar-refractivity contribution in [3.05, 3.63) is 23.3 Å². The van der Waals surface area contributed by atoms with Crippen molar-refractivity contribution < 1.29 is 22.6 Å². The zero-order valence-electron chi connectivity index (χ0n) is 7.60. The van der Waals surface area contributed by atoms with Crippen molar-refractivity contribution in [2.45, 2.75) is 12.7 Å². The highest BCUT2D eigenvalue weighted by Gasteiger charge is 2.36. The lowest BCUT2D eigenvalue weighted by Gasteiger charge is -2.13. The molecule has 1 heterocycles. The predicted molar refractivity (Wildman–Crippen MR) is 45.5 cm³/mol. The summed E-state index contributed by atoms with van der Waals surface area (Å²) in [7, 11) is 0. The number of hydrogen-bond acceptors (Lipinski definition) is 3. The quantitative estimate of drug-likeness (QED) is 0.784. The largest absolute Gasteiger partial charge is 0.454 e. The van der Waals surface area contributed by atoms with Crippen LogP contribution in [0.3, 0.4) is 0 Å². The number of halogens is 3. The molecule has 15 heavy (non-hydrogen) atoms. The number of nitrogens with two attached hydrogens (primary N) is 1. The first-order valence-corrected chi connectivity index (χ1v) is 4.23. The highest BCUT2D eigenvalue weighted by molar-refractivity contribution is 5.52. The Morgan fingerprint density at radius 3 is 2.60 bits per heavy atom. The molecule has 82 valence electrons. The zero-order chi connectivity index (χ0) is 11.1. The fourth-order valence-electron chi connectivity index (χ4n) is 1.50. The third-order valence-electron chi connectivity index (χ3n) is 2.15. The Morgan fingerprint density at radius 1 is 1.27 bits per heavy atom. The van der Waals surface area contributed by atoms with Crippen LogP contribution in [0.2, 0.25) is 0 Å². The molecule has 0 fully saturated rings.